The predicted molar refractivity (Wildman–Crippen MR) is 121 cm³/mol. The molecule has 0 atom stereocenters. The zero-order valence-electron chi connectivity index (χ0n) is 17.3. The summed E-state index contributed by atoms with van der Waals surface area (Å²) >= 11 is 1.53. The maximum Gasteiger partial charge on any atom is 0.243 e. The van der Waals surface area contributed by atoms with Gasteiger partial charge in [0.1, 0.15) is 11.1 Å². The van der Waals surface area contributed by atoms with E-state index in [9.17, 15) is 18.5 Å². The number of nitriles is 1. The summed E-state index contributed by atoms with van der Waals surface area (Å²) in [4.78, 5) is 16.1. The highest BCUT2D eigenvalue weighted by Crippen LogP contribution is 2.37. The number of rotatable bonds is 5. The number of carbonyl (C=O) groups is 1. The fourth-order valence-corrected chi connectivity index (χ4v) is 6.89. The first-order chi connectivity index (χ1) is 15.0. The van der Waals surface area contributed by atoms with Crippen molar-refractivity contribution >= 4 is 32.3 Å². The van der Waals surface area contributed by atoms with Gasteiger partial charge < -0.3 is 5.32 Å². The van der Waals surface area contributed by atoms with Crippen molar-refractivity contribution in [1.29, 1.82) is 5.26 Å². The van der Waals surface area contributed by atoms with Crippen molar-refractivity contribution in [3.05, 3.63) is 46.3 Å². The fraction of sp³-hybridized carbons (Fsp3) is 0.455. The van der Waals surface area contributed by atoms with Crippen LogP contribution in [0.15, 0.2) is 35.2 Å². The summed E-state index contributed by atoms with van der Waals surface area (Å²) in [6.07, 6.45) is 5.27. The maximum absolute atomic E-state index is 12.7. The summed E-state index contributed by atoms with van der Waals surface area (Å²) in [7, 11) is -3.50. The van der Waals surface area contributed by atoms with Gasteiger partial charge in [-0.1, -0.05) is 24.6 Å². The molecule has 2 aliphatic rings. The van der Waals surface area contributed by atoms with E-state index in [2.05, 4.69) is 11.4 Å². The Balaban J connectivity index is 1.35. The first kappa shape index (κ1) is 22.0. The van der Waals surface area contributed by atoms with Crippen molar-refractivity contribution in [2.45, 2.75) is 37.0 Å². The molecule has 2 heterocycles. The molecule has 1 amide bonds. The molecule has 1 aromatic carbocycles. The molecule has 0 unspecified atom stereocenters. The van der Waals surface area contributed by atoms with Crippen molar-refractivity contribution < 1.29 is 13.2 Å². The molecule has 164 valence electrons. The summed E-state index contributed by atoms with van der Waals surface area (Å²) < 4.78 is 27.0. The van der Waals surface area contributed by atoms with E-state index in [0.29, 0.717) is 41.6 Å². The summed E-state index contributed by atoms with van der Waals surface area (Å²) in [6, 6.07) is 10.7. The van der Waals surface area contributed by atoms with Crippen molar-refractivity contribution in [1.82, 2.24) is 9.21 Å². The molecule has 1 aliphatic carbocycles. The van der Waals surface area contributed by atoms with E-state index in [0.717, 1.165) is 31.2 Å². The Kier molecular flexibility index (Phi) is 6.72. The third-order valence-corrected chi connectivity index (χ3v) is 8.99. The molecule has 1 N–H and O–H groups in total. The van der Waals surface area contributed by atoms with E-state index < -0.39 is 10.0 Å². The van der Waals surface area contributed by atoms with Gasteiger partial charge in [0.2, 0.25) is 15.9 Å². The zero-order valence-corrected chi connectivity index (χ0v) is 19.0. The highest BCUT2D eigenvalue weighted by molar-refractivity contribution is 7.89. The maximum atomic E-state index is 12.7. The minimum Gasteiger partial charge on any atom is -0.315 e. The van der Waals surface area contributed by atoms with E-state index in [-0.39, 0.29) is 12.5 Å². The number of hydrogen-bond acceptors (Lipinski definition) is 6. The van der Waals surface area contributed by atoms with Crippen LogP contribution in [0.5, 0.6) is 0 Å². The zero-order chi connectivity index (χ0) is 21.8. The molecule has 1 aliphatic heterocycles. The van der Waals surface area contributed by atoms with E-state index in [4.69, 9.17) is 0 Å². The molecular weight excluding hydrogens is 432 g/mol. The minimum atomic E-state index is -3.50. The van der Waals surface area contributed by atoms with Gasteiger partial charge in [-0.3, -0.25) is 9.69 Å². The average Bonchev–Trinajstić information content (AvgIpc) is 2.93. The number of nitrogens with zero attached hydrogens (tertiary/aromatic N) is 3. The number of fused-ring (bicyclic) bond motifs is 1. The first-order valence-corrected chi connectivity index (χ1v) is 12.9. The lowest BCUT2D eigenvalue weighted by Gasteiger charge is -2.33. The molecule has 1 saturated heterocycles. The number of hydrogen-bond donors (Lipinski definition) is 1. The lowest BCUT2D eigenvalue weighted by Crippen LogP contribution is -2.50. The third kappa shape index (κ3) is 4.83. The van der Waals surface area contributed by atoms with Gasteiger partial charge in [-0.2, -0.15) is 9.57 Å². The number of anilines is 1. The predicted octanol–water partition coefficient (Wildman–Crippen LogP) is 2.83. The largest absolute Gasteiger partial charge is 0.315 e. The molecule has 0 spiro atoms. The van der Waals surface area contributed by atoms with Crippen molar-refractivity contribution in [3.8, 4) is 6.07 Å². The smallest absolute Gasteiger partial charge is 0.243 e. The van der Waals surface area contributed by atoms with Crippen LogP contribution in [0.1, 0.15) is 35.3 Å². The lowest BCUT2D eigenvalue weighted by molar-refractivity contribution is -0.117. The Morgan fingerprint density at radius 1 is 1.06 bits per heavy atom. The van der Waals surface area contributed by atoms with Crippen molar-refractivity contribution in [2.24, 2.45) is 0 Å². The molecular formula is C22H26N4O3S2. The highest BCUT2D eigenvalue weighted by Gasteiger charge is 2.29. The number of amides is 1. The van der Waals surface area contributed by atoms with Gasteiger partial charge in [-0.25, -0.2) is 8.42 Å². The number of sulfonamides is 1. The van der Waals surface area contributed by atoms with Gasteiger partial charge in [0.25, 0.3) is 0 Å². The number of benzene rings is 1. The fourth-order valence-electron chi connectivity index (χ4n) is 4.19. The van der Waals surface area contributed by atoms with Gasteiger partial charge in [0.05, 0.1) is 17.0 Å². The van der Waals surface area contributed by atoms with Gasteiger partial charge in [-0.15, -0.1) is 11.3 Å². The van der Waals surface area contributed by atoms with Crippen LogP contribution < -0.4 is 5.32 Å². The van der Waals surface area contributed by atoms with E-state index in [1.807, 2.05) is 4.90 Å². The second kappa shape index (κ2) is 9.49. The summed E-state index contributed by atoms with van der Waals surface area (Å²) in [5.74, 6) is -0.160. The summed E-state index contributed by atoms with van der Waals surface area (Å²) in [5.41, 5.74) is 1.73. The van der Waals surface area contributed by atoms with Gasteiger partial charge in [0, 0.05) is 31.1 Å². The molecule has 0 bridgehead atoms. The molecule has 4 rings (SSSR count). The third-order valence-electron chi connectivity index (χ3n) is 5.87. The minimum absolute atomic E-state index is 0.160. The molecule has 0 radical (unpaired) electrons. The molecule has 9 heteroatoms. The molecule has 2 aromatic rings. The van der Waals surface area contributed by atoms with E-state index in [1.54, 1.807) is 30.3 Å². The Hall–Kier alpha value is -2.25. The van der Waals surface area contributed by atoms with Crippen LogP contribution in [0, 0.1) is 11.3 Å². The second-order valence-electron chi connectivity index (χ2n) is 7.92. The number of piperazine rings is 1. The number of thiophene rings is 1. The Bertz CT molecular complexity index is 1080. The van der Waals surface area contributed by atoms with E-state index >= 15 is 0 Å². The van der Waals surface area contributed by atoms with Crippen LogP contribution in [-0.2, 0) is 27.7 Å². The second-order valence-corrected chi connectivity index (χ2v) is 11.0. The van der Waals surface area contributed by atoms with Crippen LogP contribution in [0.3, 0.4) is 0 Å². The number of carbonyl (C=O) groups excluding carboxylic acids is 1. The van der Waals surface area contributed by atoms with Crippen LogP contribution >= 0.6 is 11.3 Å². The molecule has 31 heavy (non-hydrogen) atoms. The van der Waals surface area contributed by atoms with Gasteiger partial charge >= 0.3 is 0 Å². The molecule has 1 aromatic heterocycles. The van der Waals surface area contributed by atoms with Crippen LogP contribution in [0.2, 0.25) is 0 Å². The quantitative estimate of drug-likeness (QED) is 0.696. The Morgan fingerprint density at radius 3 is 2.48 bits per heavy atom. The Morgan fingerprint density at radius 2 is 1.77 bits per heavy atom. The van der Waals surface area contributed by atoms with Crippen LogP contribution in [0.25, 0.3) is 0 Å². The SMILES string of the molecule is N#Cc1c(NC(=O)CN2CCN(S(=O)(=O)c3ccccc3)CC2)sc2c1CCCCC2. The average molecular weight is 459 g/mol. The van der Waals surface area contributed by atoms with Crippen LogP contribution in [-0.4, -0.2) is 56.3 Å². The topological polar surface area (TPSA) is 93.5 Å². The summed E-state index contributed by atoms with van der Waals surface area (Å²) in [5, 5.41) is 13.2. The number of nitrogens with one attached hydrogen (secondary N) is 1. The van der Waals surface area contributed by atoms with Gasteiger partial charge in [0.15, 0.2) is 0 Å². The molecule has 7 nitrogen and oxygen atoms in total. The lowest BCUT2D eigenvalue weighted by atomic mass is 10.1. The van der Waals surface area contributed by atoms with Gasteiger partial charge in [-0.05, 0) is 43.4 Å². The Labute approximate surface area is 187 Å². The standard InChI is InChI=1S/C22H26N4O3S2/c23-15-19-18-9-5-2-6-10-20(18)30-22(19)24-21(27)16-25-11-13-26(14-12-25)31(28,29)17-7-3-1-4-8-17/h1,3-4,7-8H,2,5-6,9-14,16H2,(H,24,27). The first-order valence-electron chi connectivity index (χ1n) is 10.6. The number of aryl methyl sites for hydroxylation is 1. The molecule has 0 saturated carbocycles. The highest BCUT2D eigenvalue weighted by atomic mass is 32.2. The normalized spacial score (nSPS) is 18.0. The van der Waals surface area contributed by atoms with Crippen LogP contribution in [0.4, 0.5) is 5.00 Å². The summed E-state index contributed by atoms with van der Waals surface area (Å²) in [6.45, 7) is 1.87. The van der Waals surface area contributed by atoms with Crippen molar-refractivity contribution in [2.75, 3.05) is 38.0 Å². The monoisotopic (exact) mass is 458 g/mol. The van der Waals surface area contributed by atoms with E-state index in [1.165, 1.54) is 26.9 Å². The molecule has 1 fully saturated rings. The van der Waals surface area contributed by atoms with Crippen molar-refractivity contribution in [3.63, 3.8) is 0 Å².